The molecule has 1 aliphatic carbocycles. The number of hydrogen-bond acceptors (Lipinski definition) is 3. The van der Waals surface area contributed by atoms with Crippen LogP contribution in [0.25, 0.3) is 6.08 Å². The van der Waals surface area contributed by atoms with Crippen molar-refractivity contribution in [3.05, 3.63) is 35.4 Å². The summed E-state index contributed by atoms with van der Waals surface area (Å²) in [6.07, 6.45) is 7.69. The maximum Gasteiger partial charge on any atom is 0.248 e. The zero-order valence-corrected chi connectivity index (χ0v) is 17.0. The van der Waals surface area contributed by atoms with Crippen molar-refractivity contribution in [3.63, 3.8) is 0 Å². The Labute approximate surface area is 162 Å². The molecule has 1 aromatic rings. The number of nitrogens with one attached hydrogen (secondary N) is 1. The van der Waals surface area contributed by atoms with Crippen molar-refractivity contribution in [2.75, 3.05) is 20.2 Å². The molecule has 2 rings (SSSR count). The molecule has 0 spiro atoms. The Morgan fingerprint density at radius 2 is 1.85 bits per heavy atom. The standard InChI is InChI=1S/C22H32N2O3/c1-5-24(6-2)21(26)22(14-8-7-9-15-22)23-20(25)13-11-18-16-17(3)10-12-19(18)27-4/h10-13,16H,5-9,14-15H2,1-4H3,(H,23,25). The van der Waals surface area contributed by atoms with E-state index in [0.29, 0.717) is 25.9 Å². The van der Waals surface area contributed by atoms with Crippen LogP contribution in [-0.2, 0) is 9.59 Å². The van der Waals surface area contributed by atoms with Crippen LogP contribution in [0.5, 0.6) is 5.75 Å². The summed E-state index contributed by atoms with van der Waals surface area (Å²) >= 11 is 0. The summed E-state index contributed by atoms with van der Waals surface area (Å²) in [5.74, 6) is 0.527. The highest BCUT2D eigenvalue weighted by atomic mass is 16.5. The summed E-state index contributed by atoms with van der Waals surface area (Å²) in [7, 11) is 1.61. The molecule has 1 aromatic carbocycles. The molecule has 1 N–H and O–H groups in total. The molecular weight excluding hydrogens is 340 g/mol. The number of rotatable bonds is 7. The van der Waals surface area contributed by atoms with Gasteiger partial charge in [-0.2, -0.15) is 0 Å². The largest absolute Gasteiger partial charge is 0.496 e. The summed E-state index contributed by atoms with van der Waals surface area (Å²) < 4.78 is 5.36. The van der Waals surface area contributed by atoms with Crippen molar-refractivity contribution in [2.45, 2.75) is 58.4 Å². The minimum atomic E-state index is -0.775. The van der Waals surface area contributed by atoms with Gasteiger partial charge in [0, 0.05) is 24.7 Å². The zero-order chi connectivity index (χ0) is 19.9. The average Bonchev–Trinajstić information content (AvgIpc) is 2.68. The topological polar surface area (TPSA) is 58.6 Å². The van der Waals surface area contributed by atoms with Crippen LogP contribution in [0.2, 0.25) is 0 Å². The number of amides is 2. The van der Waals surface area contributed by atoms with Crippen LogP contribution < -0.4 is 10.1 Å². The Bertz CT molecular complexity index is 687. The fourth-order valence-corrected chi connectivity index (χ4v) is 3.79. The second kappa shape index (κ2) is 9.58. The molecular formula is C22H32N2O3. The molecule has 1 saturated carbocycles. The van der Waals surface area contributed by atoms with Gasteiger partial charge in [0.1, 0.15) is 11.3 Å². The third kappa shape index (κ3) is 5.12. The highest BCUT2D eigenvalue weighted by Crippen LogP contribution is 2.30. The number of carbonyl (C=O) groups excluding carboxylic acids is 2. The molecule has 0 radical (unpaired) electrons. The van der Waals surface area contributed by atoms with E-state index < -0.39 is 5.54 Å². The second-order valence-corrected chi connectivity index (χ2v) is 7.19. The van der Waals surface area contributed by atoms with E-state index in [4.69, 9.17) is 4.74 Å². The lowest BCUT2D eigenvalue weighted by Gasteiger charge is -2.39. The van der Waals surface area contributed by atoms with Crippen molar-refractivity contribution in [1.82, 2.24) is 10.2 Å². The predicted molar refractivity (Wildman–Crippen MR) is 109 cm³/mol. The number of methoxy groups -OCH3 is 1. The molecule has 1 fully saturated rings. The number of hydrogen-bond donors (Lipinski definition) is 1. The summed E-state index contributed by atoms with van der Waals surface area (Å²) in [6, 6.07) is 5.83. The number of aryl methyl sites for hydroxylation is 1. The van der Waals surface area contributed by atoms with Crippen molar-refractivity contribution >= 4 is 17.9 Å². The highest BCUT2D eigenvalue weighted by Gasteiger charge is 2.42. The maximum absolute atomic E-state index is 13.1. The minimum absolute atomic E-state index is 0.0436. The van der Waals surface area contributed by atoms with E-state index in [1.54, 1.807) is 13.2 Å². The number of benzene rings is 1. The van der Waals surface area contributed by atoms with Crippen LogP contribution in [-0.4, -0.2) is 42.5 Å². The lowest BCUT2D eigenvalue weighted by molar-refractivity contribution is -0.142. The molecule has 27 heavy (non-hydrogen) atoms. The third-order valence-electron chi connectivity index (χ3n) is 5.33. The molecule has 2 amide bonds. The van der Waals surface area contributed by atoms with E-state index in [1.165, 1.54) is 6.08 Å². The van der Waals surface area contributed by atoms with E-state index >= 15 is 0 Å². The monoisotopic (exact) mass is 372 g/mol. The van der Waals surface area contributed by atoms with Gasteiger partial charge in [-0.1, -0.05) is 30.9 Å². The summed E-state index contributed by atoms with van der Waals surface area (Å²) in [5.41, 5.74) is 1.17. The van der Waals surface area contributed by atoms with Crippen LogP contribution in [0.3, 0.4) is 0 Å². The first-order valence-corrected chi connectivity index (χ1v) is 9.90. The Balaban J connectivity index is 2.19. The van der Waals surface area contributed by atoms with Gasteiger partial charge in [0.2, 0.25) is 11.8 Å². The molecule has 0 saturated heterocycles. The van der Waals surface area contributed by atoms with Gasteiger partial charge in [0.25, 0.3) is 0 Å². The minimum Gasteiger partial charge on any atom is -0.496 e. The Hall–Kier alpha value is -2.30. The quantitative estimate of drug-likeness (QED) is 0.743. The number of nitrogens with zero attached hydrogens (tertiary/aromatic N) is 1. The van der Waals surface area contributed by atoms with Crippen LogP contribution in [0.1, 0.15) is 57.1 Å². The second-order valence-electron chi connectivity index (χ2n) is 7.19. The number of likely N-dealkylation sites (N-methyl/N-ethyl adjacent to an activating group) is 1. The van der Waals surface area contributed by atoms with Crippen LogP contribution in [0.4, 0.5) is 0 Å². The van der Waals surface area contributed by atoms with Gasteiger partial charge in [-0.15, -0.1) is 0 Å². The van der Waals surface area contributed by atoms with Gasteiger partial charge in [-0.05, 0) is 51.8 Å². The first-order chi connectivity index (χ1) is 13.0. The number of carbonyl (C=O) groups is 2. The average molecular weight is 373 g/mol. The molecule has 0 aliphatic heterocycles. The van der Waals surface area contributed by atoms with Crippen LogP contribution in [0.15, 0.2) is 24.3 Å². The first kappa shape index (κ1) is 21.0. The zero-order valence-electron chi connectivity index (χ0n) is 17.0. The Morgan fingerprint density at radius 1 is 1.19 bits per heavy atom. The van der Waals surface area contributed by atoms with Gasteiger partial charge in [0.15, 0.2) is 0 Å². The third-order valence-corrected chi connectivity index (χ3v) is 5.33. The van der Waals surface area contributed by atoms with Gasteiger partial charge in [-0.3, -0.25) is 9.59 Å². The lowest BCUT2D eigenvalue weighted by atomic mass is 9.80. The van der Waals surface area contributed by atoms with Gasteiger partial charge < -0.3 is 15.0 Å². The van der Waals surface area contributed by atoms with Gasteiger partial charge >= 0.3 is 0 Å². The van der Waals surface area contributed by atoms with Crippen molar-refractivity contribution < 1.29 is 14.3 Å². The molecule has 5 nitrogen and oxygen atoms in total. The van der Waals surface area contributed by atoms with Crippen LogP contribution >= 0.6 is 0 Å². The fraction of sp³-hybridized carbons (Fsp3) is 0.545. The van der Waals surface area contributed by atoms with E-state index in [0.717, 1.165) is 36.1 Å². The predicted octanol–water partition coefficient (Wildman–Crippen LogP) is 3.70. The first-order valence-electron chi connectivity index (χ1n) is 9.90. The summed E-state index contributed by atoms with van der Waals surface area (Å²) in [4.78, 5) is 27.6. The van der Waals surface area contributed by atoms with E-state index in [2.05, 4.69) is 5.32 Å². The van der Waals surface area contributed by atoms with Gasteiger partial charge in [-0.25, -0.2) is 0 Å². The van der Waals surface area contributed by atoms with Crippen molar-refractivity contribution in [1.29, 1.82) is 0 Å². The molecule has 1 aliphatic rings. The summed E-state index contributed by atoms with van der Waals surface area (Å²) in [6.45, 7) is 7.26. The van der Waals surface area contributed by atoms with E-state index in [1.807, 2.05) is 43.9 Å². The maximum atomic E-state index is 13.1. The Morgan fingerprint density at radius 3 is 2.44 bits per heavy atom. The molecule has 0 aromatic heterocycles. The van der Waals surface area contributed by atoms with E-state index in [9.17, 15) is 9.59 Å². The normalized spacial score (nSPS) is 16.1. The lowest BCUT2D eigenvalue weighted by Crippen LogP contribution is -2.60. The highest BCUT2D eigenvalue weighted by molar-refractivity contribution is 5.97. The molecule has 5 heteroatoms. The summed E-state index contributed by atoms with van der Waals surface area (Å²) in [5, 5.41) is 3.05. The number of ether oxygens (including phenoxy) is 1. The molecule has 148 valence electrons. The molecule has 0 unspecified atom stereocenters. The van der Waals surface area contributed by atoms with Gasteiger partial charge in [0.05, 0.1) is 7.11 Å². The van der Waals surface area contributed by atoms with Crippen molar-refractivity contribution in [2.24, 2.45) is 0 Å². The van der Waals surface area contributed by atoms with Crippen LogP contribution in [0, 0.1) is 6.92 Å². The Kier molecular flexibility index (Phi) is 7.45. The molecule has 0 bridgehead atoms. The smallest absolute Gasteiger partial charge is 0.248 e. The SMILES string of the molecule is CCN(CC)C(=O)C1(NC(=O)C=Cc2cc(C)ccc2OC)CCCCC1. The van der Waals surface area contributed by atoms with E-state index in [-0.39, 0.29) is 11.8 Å². The molecule has 0 heterocycles. The fourth-order valence-electron chi connectivity index (χ4n) is 3.79. The molecule has 0 atom stereocenters. The van der Waals surface area contributed by atoms with Crippen molar-refractivity contribution in [3.8, 4) is 5.75 Å².